The molecule has 0 bridgehead atoms. The van der Waals surface area contributed by atoms with E-state index in [4.69, 9.17) is 37.9 Å². The number of benzene rings is 1. The molecule has 0 aromatic heterocycles. The van der Waals surface area contributed by atoms with Gasteiger partial charge in [0.2, 0.25) is 6.29 Å². The van der Waals surface area contributed by atoms with Gasteiger partial charge >= 0.3 is 11.9 Å². The van der Waals surface area contributed by atoms with Gasteiger partial charge in [0.1, 0.15) is 36.6 Å². The maximum absolute atomic E-state index is 12.5. The van der Waals surface area contributed by atoms with Crippen molar-refractivity contribution in [1.29, 1.82) is 0 Å². The number of aliphatic hydroxyl groups excluding tert-OH is 5. The van der Waals surface area contributed by atoms with E-state index in [1.54, 1.807) is 12.1 Å². The molecule has 13 unspecified atom stereocenters. The van der Waals surface area contributed by atoms with Crippen molar-refractivity contribution in [1.82, 2.24) is 0 Å². The molecule has 13 atom stereocenters. The first-order chi connectivity index (χ1) is 22.9. The van der Waals surface area contributed by atoms with Crippen molar-refractivity contribution in [2.75, 3.05) is 20.3 Å². The van der Waals surface area contributed by atoms with E-state index in [1.807, 2.05) is 0 Å². The molecule has 48 heavy (non-hydrogen) atoms. The van der Waals surface area contributed by atoms with Crippen LogP contribution in [0.25, 0.3) is 6.08 Å². The van der Waals surface area contributed by atoms with Gasteiger partial charge in [0.05, 0.1) is 38.3 Å². The first kappa shape index (κ1) is 35.7. The highest BCUT2D eigenvalue weighted by Crippen LogP contribution is 2.39. The number of rotatable bonds is 10. The zero-order chi connectivity index (χ0) is 34.7. The van der Waals surface area contributed by atoms with Crippen LogP contribution < -0.4 is 4.74 Å². The number of methoxy groups -OCH3 is 1. The van der Waals surface area contributed by atoms with E-state index >= 15 is 0 Å². The third kappa shape index (κ3) is 7.51. The van der Waals surface area contributed by atoms with Gasteiger partial charge in [-0.25, -0.2) is 9.59 Å². The van der Waals surface area contributed by atoms with E-state index in [9.17, 15) is 40.2 Å². The van der Waals surface area contributed by atoms with E-state index in [0.29, 0.717) is 17.6 Å². The highest BCUT2D eigenvalue weighted by atomic mass is 16.8. The number of phenolic OH excluding ortho intramolecular Hbond substituents is 1. The van der Waals surface area contributed by atoms with Crippen LogP contribution in [-0.4, -0.2) is 131 Å². The summed E-state index contributed by atoms with van der Waals surface area (Å²) in [4.78, 5) is 24.6. The number of carbonyl (C=O) groups is 2. The van der Waals surface area contributed by atoms with Crippen molar-refractivity contribution < 1.29 is 78.1 Å². The van der Waals surface area contributed by atoms with Crippen molar-refractivity contribution in [2.24, 2.45) is 11.8 Å². The van der Waals surface area contributed by atoms with E-state index in [-0.39, 0.29) is 24.0 Å². The standard InChI is InChI=1S/C32H40O16/c1-4-16-17-9-10-42-29(40)18(17)12-43-30(16)48-32-26(38)24(36)23(35)21(46-32)13-44-31-27(39)25(37)28(14(2)45-31)47-22(34)8-6-15-5-7-19(33)20(11-15)41-3/h4-8,11-12,14,16-17,21,23-28,30-33,35-39H,1,9-10,13H2,2-3H3. The van der Waals surface area contributed by atoms with Gasteiger partial charge in [-0.3, -0.25) is 0 Å². The molecule has 16 heteroatoms. The number of esters is 2. The van der Waals surface area contributed by atoms with Crippen molar-refractivity contribution in [3.63, 3.8) is 0 Å². The summed E-state index contributed by atoms with van der Waals surface area (Å²) in [6.45, 7) is 4.99. The summed E-state index contributed by atoms with van der Waals surface area (Å²) in [5, 5.41) is 63.0. The summed E-state index contributed by atoms with van der Waals surface area (Å²) in [5.41, 5.74) is 0.846. The number of aliphatic hydroxyl groups is 5. The van der Waals surface area contributed by atoms with Crippen molar-refractivity contribution >= 4 is 18.0 Å². The molecule has 0 amide bonds. The fraction of sp³-hybridized carbons (Fsp3) is 0.562. The van der Waals surface area contributed by atoms with Gasteiger partial charge < -0.3 is 68.5 Å². The zero-order valence-corrected chi connectivity index (χ0v) is 26.1. The van der Waals surface area contributed by atoms with Crippen molar-refractivity contribution in [3.8, 4) is 11.5 Å². The zero-order valence-electron chi connectivity index (χ0n) is 26.1. The summed E-state index contributed by atoms with van der Waals surface area (Å²) in [6, 6.07) is 4.43. The number of phenols is 1. The molecule has 0 radical (unpaired) electrons. The number of ether oxygens (including phenoxy) is 8. The topological polar surface area (TPSA) is 229 Å². The quantitative estimate of drug-likeness (QED) is 0.101. The van der Waals surface area contributed by atoms with Crippen LogP contribution in [0.5, 0.6) is 11.5 Å². The minimum atomic E-state index is -1.74. The van der Waals surface area contributed by atoms with Crippen LogP contribution in [0.4, 0.5) is 0 Å². The minimum Gasteiger partial charge on any atom is -0.504 e. The van der Waals surface area contributed by atoms with Crippen LogP contribution in [0.3, 0.4) is 0 Å². The minimum absolute atomic E-state index is 0.0763. The Morgan fingerprint density at radius 3 is 2.50 bits per heavy atom. The maximum atomic E-state index is 12.5. The molecular formula is C32H40O16. The van der Waals surface area contributed by atoms with E-state index in [0.717, 1.165) is 6.08 Å². The monoisotopic (exact) mass is 680 g/mol. The van der Waals surface area contributed by atoms with Crippen LogP contribution in [0.15, 0.2) is 48.8 Å². The molecule has 3 saturated heterocycles. The van der Waals surface area contributed by atoms with Crippen LogP contribution in [0, 0.1) is 11.8 Å². The first-order valence-corrected chi connectivity index (χ1v) is 15.3. The second-order valence-corrected chi connectivity index (χ2v) is 11.8. The largest absolute Gasteiger partial charge is 0.504 e. The van der Waals surface area contributed by atoms with Crippen LogP contribution >= 0.6 is 0 Å². The highest BCUT2D eigenvalue weighted by Gasteiger charge is 2.50. The van der Waals surface area contributed by atoms with Crippen LogP contribution in [0.1, 0.15) is 18.9 Å². The van der Waals surface area contributed by atoms with E-state index in [2.05, 4.69) is 6.58 Å². The predicted molar refractivity (Wildman–Crippen MR) is 159 cm³/mol. The molecule has 0 aliphatic carbocycles. The predicted octanol–water partition coefficient (Wildman–Crippen LogP) is -0.761. The summed E-state index contributed by atoms with van der Waals surface area (Å²) in [7, 11) is 1.38. The Morgan fingerprint density at radius 1 is 1.02 bits per heavy atom. The number of carbonyl (C=O) groups excluding carboxylic acids is 2. The Morgan fingerprint density at radius 2 is 1.77 bits per heavy atom. The molecule has 0 saturated carbocycles. The molecule has 6 N–H and O–H groups in total. The van der Waals surface area contributed by atoms with Gasteiger partial charge in [-0.2, -0.15) is 0 Å². The number of aromatic hydroxyl groups is 1. The van der Waals surface area contributed by atoms with Gasteiger partial charge in [-0.1, -0.05) is 12.1 Å². The van der Waals surface area contributed by atoms with Crippen molar-refractivity contribution in [3.05, 3.63) is 54.3 Å². The molecule has 4 heterocycles. The highest BCUT2D eigenvalue weighted by molar-refractivity contribution is 5.89. The molecule has 1 aromatic rings. The second-order valence-electron chi connectivity index (χ2n) is 11.8. The third-order valence-electron chi connectivity index (χ3n) is 8.68. The van der Waals surface area contributed by atoms with Crippen LogP contribution in [0.2, 0.25) is 0 Å². The fourth-order valence-electron chi connectivity index (χ4n) is 5.95. The SMILES string of the molecule is C=CC1C(OC2OC(COC3OC(C)C(OC(=O)C=Cc4ccc(O)c(OC)c4)C(O)C3O)C(O)C(O)C2O)OC=C2C(=O)OCCC21. The molecular weight excluding hydrogens is 640 g/mol. The van der Waals surface area contributed by atoms with Gasteiger partial charge in [0, 0.05) is 17.9 Å². The third-order valence-corrected chi connectivity index (χ3v) is 8.68. The Labute approximate surface area is 275 Å². The Balaban J connectivity index is 1.17. The number of hydrogen-bond acceptors (Lipinski definition) is 16. The summed E-state index contributed by atoms with van der Waals surface area (Å²) < 4.78 is 43.9. The van der Waals surface area contributed by atoms with Gasteiger partial charge in [-0.05, 0) is 37.1 Å². The molecule has 264 valence electrons. The molecule has 4 aliphatic rings. The summed E-state index contributed by atoms with van der Waals surface area (Å²) >= 11 is 0. The summed E-state index contributed by atoms with van der Waals surface area (Å²) in [6.07, 6.45) is -10.3. The lowest BCUT2D eigenvalue weighted by atomic mass is 9.81. The molecule has 4 aliphatic heterocycles. The molecule has 1 aromatic carbocycles. The number of fused-ring (bicyclic) bond motifs is 1. The Hall–Kier alpha value is -3.58. The summed E-state index contributed by atoms with van der Waals surface area (Å²) in [5.74, 6) is -2.09. The Bertz CT molecular complexity index is 1380. The average Bonchev–Trinajstić information content (AvgIpc) is 3.07. The lowest BCUT2D eigenvalue weighted by Crippen LogP contribution is -2.62. The van der Waals surface area contributed by atoms with Gasteiger partial charge in [0.15, 0.2) is 30.2 Å². The average molecular weight is 681 g/mol. The normalized spacial score (nSPS) is 38.3. The van der Waals surface area contributed by atoms with E-state index < -0.39 is 92.2 Å². The lowest BCUT2D eigenvalue weighted by molar-refractivity contribution is -0.351. The number of hydrogen-bond donors (Lipinski definition) is 6. The first-order valence-electron chi connectivity index (χ1n) is 15.3. The molecule has 5 rings (SSSR count). The fourth-order valence-corrected chi connectivity index (χ4v) is 5.95. The number of cyclic esters (lactones) is 1. The molecule has 3 fully saturated rings. The molecule has 16 nitrogen and oxygen atoms in total. The van der Waals surface area contributed by atoms with Crippen LogP contribution in [-0.2, 0) is 42.7 Å². The smallest absolute Gasteiger partial charge is 0.337 e. The second kappa shape index (κ2) is 15.3. The van der Waals surface area contributed by atoms with Gasteiger partial charge in [0.25, 0.3) is 0 Å². The van der Waals surface area contributed by atoms with E-state index in [1.165, 1.54) is 38.5 Å². The molecule has 0 spiro atoms. The lowest BCUT2D eigenvalue weighted by Gasteiger charge is -2.44. The maximum Gasteiger partial charge on any atom is 0.337 e. The van der Waals surface area contributed by atoms with Gasteiger partial charge in [-0.15, -0.1) is 6.58 Å². The Kier molecular flexibility index (Phi) is 11.4. The van der Waals surface area contributed by atoms with Crippen molar-refractivity contribution in [2.45, 2.75) is 81.0 Å².